The number of hydrogen-bond acceptors (Lipinski definition) is 3. The summed E-state index contributed by atoms with van der Waals surface area (Å²) >= 11 is 0. The highest BCUT2D eigenvalue weighted by molar-refractivity contribution is 5.83. The van der Waals surface area contributed by atoms with Gasteiger partial charge in [0.1, 0.15) is 5.78 Å². The molecule has 0 aliphatic carbocycles. The number of rotatable bonds is 5. The SMILES string of the molecule is CN[C@@H](Cc1ccc(-c2cnc3ccccc3c2)cc1)C(C)=O. The molecule has 1 heterocycles. The van der Waals surface area contributed by atoms with Gasteiger partial charge in [-0.25, -0.2) is 0 Å². The molecule has 0 bridgehead atoms. The molecule has 0 aliphatic heterocycles. The van der Waals surface area contributed by atoms with Crippen molar-refractivity contribution in [3.63, 3.8) is 0 Å². The van der Waals surface area contributed by atoms with E-state index in [0.29, 0.717) is 6.42 Å². The molecule has 0 fully saturated rings. The number of para-hydroxylation sites is 1. The van der Waals surface area contributed by atoms with Crippen LogP contribution in [0.15, 0.2) is 60.8 Å². The number of carbonyl (C=O) groups excluding carboxylic acids is 1. The van der Waals surface area contributed by atoms with E-state index in [-0.39, 0.29) is 11.8 Å². The quantitative estimate of drug-likeness (QED) is 0.783. The van der Waals surface area contributed by atoms with Crippen molar-refractivity contribution in [2.24, 2.45) is 0 Å². The number of likely N-dealkylation sites (N-methyl/N-ethyl adjacent to an activating group) is 1. The average molecular weight is 304 g/mol. The molecule has 0 spiro atoms. The highest BCUT2D eigenvalue weighted by atomic mass is 16.1. The minimum atomic E-state index is -0.122. The van der Waals surface area contributed by atoms with E-state index in [2.05, 4.69) is 46.7 Å². The van der Waals surface area contributed by atoms with Crippen LogP contribution in [0.5, 0.6) is 0 Å². The fourth-order valence-electron chi connectivity index (χ4n) is 2.75. The van der Waals surface area contributed by atoms with E-state index in [1.54, 1.807) is 6.92 Å². The summed E-state index contributed by atoms with van der Waals surface area (Å²) in [5.41, 5.74) is 4.39. The summed E-state index contributed by atoms with van der Waals surface area (Å²) in [7, 11) is 1.82. The van der Waals surface area contributed by atoms with Gasteiger partial charge in [0.05, 0.1) is 11.6 Å². The van der Waals surface area contributed by atoms with Crippen LogP contribution in [-0.2, 0) is 11.2 Å². The molecule has 1 aromatic heterocycles. The van der Waals surface area contributed by atoms with E-state index in [1.165, 1.54) is 0 Å². The van der Waals surface area contributed by atoms with Crippen molar-refractivity contribution in [2.75, 3.05) is 7.05 Å². The number of nitrogens with one attached hydrogen (secondary N) is 1. The average Bonchev–Trinajstić information content (AvgIpc) is 2.59. The number of nitrogens with zero attached hydrogens (tertiary/aromatic N) is 1. The van der Waals surface area contributed by atoms with Crippen LogP contribution in [0.2, 0.25) is 0 Å². The minimum Gasteiger partial charge on any atom is -0.310 e. The van der Waals surface area contributed by atoms with Crippen LogP contribution >= 0.6 is 0 Å². The Kier molecular flexibility index (Phi) is 4.49. The largest absolute Gasteiger partial charge is 0.310 e. The molecular weight excluding hydrogens is 284 g/mol. The highest BCUT2D eigenvalue weighted by Crippen LogP contribution is 2.23. The number of Topliss-reactive ketones (excluding diaryl/α,β-unsaturated/α-hetero) is 1. The Morgan fingerprint density at radius 3 is 2.52 bits per heavy atom. The molecule has 0 saturated carbocycles. The first-order chi connectivity index (χ1) is 11.2. The first-order valence-electron chi connectivity index (χ1n) is 7.79. The summed E-state index contributed by atoms with van der Waals surface area (Å²) in [6, 6.07) is 18.5. The van der Waals surface area contributed by atoms with Crippen LogP contribution in [0.1, 0.15) is 12.5 Å². The van der Waals surface area contributed by atoms with Crippen LogP contribution < -0.4 is 5.32 Å². The van der Waals surface area contributed by atoms with Crippen LogP contribution in [-0.4, -0.2) is 23.9 Å². The van der Waals surface area contributed by atoms with E-state index in [9.17, 15) is 4.79 Å². The fourth-order valence-corrected chi connectivity index (χ4v) is 2.75. The third kappa shape index (κ3) is 3.46. The maximum atomic E-state index is 11.5. The Hall–Kier alpha value is -2.52. The van der Waals surface area contributed by atoms with Crippen molar-refractivity contribution in [1.29, 1.82) is 0 Å². The molecule has 0 unspecified atom stereocenters. The lowest BCUT2D eigenvalue weighted by Crippen LogP contribution is -2.34. The lowest BCUT2D eigenvalue weighted by molar-refractivity contribution is -0.118. The van der Waals surface area contributed by atoms with Gasteiger partial charge in [-0.2, -0.15) is 0 Å². The van der Waals surface area contributed by atoms with Crippen LogP contribution in [0.4, 0.5) is 0 Å². The third-order valence-corrected chi connectivity index (χ3v) is 4.16. The van der Waals surface area contributed by atoms with Gasteiger partial charge in [-0.3, -0.25) is 9.78 Å². The number of fused-ring (bicyclic) bond motifs is 1. The van der Waals surface area contributed by atoms with Gasteiger partial charge < -0.3 is 5.32 Å². The molecule has 3 aromatic rings. The van der Waals surface area contributed by atoms with Crippen LogP contribution in [0.25, 0.3) is 22.0 Å². The molecule has 3 rings (SSSR count). The number of benzene rings is 2. The number of pyridine rings is 1. The highest BCUT2D eigenvalue weighted by Gasteiger charge is 2.12. The van der Waals surface area contributed by atoms with Crippen molar-refractivity contribution in [2.45, 2.75) is 19.4 Å². The van der Waals surface area contributed by atoms with Crippen LogP contribution in [0.3, 0.4) is 0 Å². The third-order valence-electron chi connectivity index (χ3n) is 4.16. The Balaban J connectivity index is 1.84. The van der Waals surface area contributed by atoms with Crippen molar-refractivity contribution < 1.29 is 4.79 Å². The molecule has 3 nitrogen and oxygen atoms in total. The predicted molar refractivity (Wildman–Crippen MR) is 94.4 cm³/mol. The van der Waals surface area contributed by atoms with E-state index in [1.807, 2.05) is 31.4 Å². The van der Waals surface area contributed by atoms with Gasteiger partial charge >= 0.3 is 0 Å². The maximum Gasteiger partial charge on any atom is 0.147 e. The predicted octanol–water partition coefficient (Wildman–Crippen LogP) is 3.62. The zero-order valence-corrected chi connectivity index (χ0v) is 13.4. The minimum absolute atomic E-state index is 0.122. The summed E-state index contributed by atoms with van der Waals surface area (Å²) in [6.07, 6.45) is 2.62. The van der Waals surface area contributed by atoms with Crippen molar-refractivity contribution in [3.8, 4) is 11.1 Å². The van der Waals surface area contributed by atoms with Crippen molar-refractivity contribution in [1.82, 2.24) is 10.3 Å². The van der Waals surface area contributed by atoms with Crippen molar-refractivity contribution >= 4 is 16.7 Å². The molecule has 0 saturated heterocycles. The molecule has 3 heteroatoms. The Morgan fingerprint density at radius 1 is 1.09 bits per heavy atom. The van der Waals surface area contributed by atoms with Gasteiger partial charge in [-0.15, -0.1) is 0 Å². The number of aromatic nitrogens is 1. The molecule has 23 heavy (non-hydrogen) atoms. The smallest absolute Gasteiger partial charge is 0.147 e. The summed E-state index contributed by atoms with van der Waals surface area (Å²) in [6.45, 7) is 1.62. The Morgan fingerprint density at radius 2 is 1.83 bits per heavy atom. The lowest BCUT2D eigenvalue weighted by Gasteiger charge is -2.13. The number of ketones is 1. The molecule has 0 aliphatic rings. The zero-order valence-electron chi connectivity index (χ0n) is 13.4. The van der Waals surface area contributed by atoms with Gasteiger partial charge in [0, 0.05) is 17.1 Å². The summed E-state index contributed by atoms with van der Waals surface area (Å²) in [5, 5.41) is 4.20. The molecule has 0 radical (unpaired) electrons. The molecular formula is C20H20N2O. The molecule has 0 amide bonds. The van der Waals surface area contributed by atoms with E-state index in [4.69, 9.17) is 0 Å². The Labute approximate surface area is 136 Å². The fraction of sp³-hybridized carbons (Fsp3) is 0.200. The summed E-state index contributed by atoms with van der Waals surface area (Å²) in [4.78, 5) is 16.0. The second-order valence-corrected chi connectivity index (χ2v) is 5.77. The van der Waals surface area contributed by atoms with Gasteiger partial charge in [0.15, 0.2) is 0 Å². The van der Waals surface area contributed by atoms with E-state index < -0.39 is 0 Å². The molecule has 1 atom stereocenters. The van der Waals surface area contributed by atoms with E-state index in [0.717, 1.165) is 27.6 Å². The first-order valence-corrected chi connectivity index (χ1v) is 7.79. The van der Waals surface area contributed by atoms with Gasteiger partial charge in [-0.1, -0.05) is 42.5 Å². The van der Waals surface area contributed by atoms with Crippen molar-refractivity contribution in [3.05, 3.63) is 66.4 Å². The Bertz CT molecular complexity index is 824. The standard InChI is InChI=1S/C20H20N2O/c1-14(23)20(21-2)11-15-7-9-16(10-8-15)18-12-17-5-3-4-6-19(17)22-13-18/h3-10,12-13,20-21H,11H2,1-2H3/t20-/m0/s1. The van der Waals surface area contributed by atoms with Crippen LogP contribution in [0, 0.1) is 0 Å². The summed E-state index contributed by atoms with van der Waals surface area (Å²) < 4.78 is 0. The number of carbonyl (C=O) groups is 1. The second kappa shape index (κ2) is 6.71. The van der Waals surface area contributed by atoms with Gasteiger partial charge in [0.25, 0.3) is 0 Å². The number of hydrogen-bond donors (Lipinski definition) is 1. The lowest BCUT2D eigenvalue weighted by atomic mass is 9.99. The normalized spacial score (nSPS) is 12.3. The molecule has 116 valence electrons. The van der Waals surface area contributed by atoms with E-state index >= 15 is 0 Å². The monoisotopic (exact) mass is 304 g/mol. The maximum absolute atomic E-state index is 11.5. The topological polar surface area (TPSA) is 42.0 Å². The summed E-state index contributed by atoms with van der Waals surface area (Å²) in [5.74, 6) is 0.162. The first kappa shape index (κ1) is 15.4. The molecule has 1 N–H and O–H groups in total. The van der Waals surface area contributed by atoms with Gasteiger partial charge in [-0.05, 0) is 43.7 Å². The second-order valence-electron chi connectivity index (χ2n) is 5.77. The molecule has 2 aromatic carbocycles. The van der Waals surface area contributed by atoms with Gasteiger partial charge in [0.2, 0.25) is 0 Å². The zero-order chi connectivity index (χ0) is 16.2.